The van der Waals surface area contributed by atoms with Crippen molar-refractivity contribution in [3.05, 3.63) is 40.5 Å². The molecule has 114 valence electrons. The van der Waals surface area contributed by atoms with E-state index in [1.807, 2.05) is 0 Å². The van der Waals surface area contributed by atoms with Crippen molar-refractivity contribution in [2.45, 2.75) is 77.2 Å². The number of hydrogen-bond donors (Lipinski definition) is 1. The van der Waals surface area contributed by atoms with Crippen LogP contribution in [-0.4, -0.2) is 11.2 Å². The van der Waals surface area contributed by atoms with E-state index in [1.54, 1.807) is 0 Å². The van der Waals surface area contributed by atoms with Crippen molar-refractivity contribution >= 4 is 5.57 Å². The van der Waals surface area contributed by atoms with E-state index in [-0.39, 0.29) is 16.9 Å². The van der Waals surface area contributed by atoms with Crippen molar-refractivity contribution in [3.8, 4) is 0 Å². The lowest BCUT2D eigenvalue weighted by Gasteiger charge is -2.42. The summed E-state index contributed by atoms with van der Waals surface area (Å²) in [5.74, 6) is 0. The SMILES string of the molecule is Cc1cc2c(cc1C1=CCCC1O)C(C)(C)CCC2(C)C. The Bertz CT molecular complexity index is 605. The second-order valence-electron chi connectivity index (χ2n) is 8.23. The molecule has 0 aromatic heterocycles. The predicted octanol–water partition coefficient (Wildman–Crippen LogP) is 4.88. The van der Waals surface area contributed by atoms with Crippen LogP contribution in [0.25, 0.3) is 5.57 Å². The summed E-state index contributed by atoms with van der Waals surface area (Å²) >= 11 is 0. The zero-order valence-electron chi connectivity index (χ0n) is 14.1. The van der Waals surface area contributed by atoms with Gasteiger partial charge in [0.05, 0.1) is 6.10 Å². The van der Waals surface area contributed by atoms with E-state index in [4.69, 9.17) is 0 Å². The van der Waals surface area contributed by atoms with Gasteiger partial charge in [0.15, 0.2) is 0 Å². The summed E-state index contributed by atoms with van der Waals surface area (Å²) in [6.07, 6.45) is 6.30. The van der Waals surface area contributed by atoms with Gasteiger partial charge in [-0.25, -0.2) is 0 Å². The van der Waals surface area contributed by atoms with Crippen LogP contribution in [0.2, 0.25) is 0 Å². The number of fused-ring (bicyclic) bond motifs is 1. The van der Waals surface area contributed by atoms with Crippen LogP contribution in [0.15, 0.2) is 18.2 Å². The maximum atomic E-state index is 10.2. The Balaban J connectivity index is 2.19. The molecule has 1 atom stereocenters. The first-order valence-electron chi connectivity index (χ1n) is 8.26. The Morgan fingerprint density at radius 2 is 1.57 bits per heavy atom. The van der Waals surface area contributed by atoms with Gasteiger partial charge < -0.3 is 5.11 Å². The molecule has 0 saturated heterocycles. The molecule has 0 heterocycles. The number of rotatable bonds is 1. The molecule has 1 aromatic carbocycles. The summed E-state index contributed by atoms with van der Waals surface area (Å²) in [6.45, 7) is 11.6. The summed E-state index contributed by atoms with van der Waals surface area (Å²) in [5.41, 5.74) is 7.21. The number of aryl methyl sites for hydroxylation is 1. The van der Waals surface area contributed by atoms with Gasteiger partial charge in [0.2, 0.25) is 0 Å². The van der Waals surface area contributed by atoms with Crippen LogP contribution < -0.4 is 0 Å². The summed E-state index contributed by atoms with van der Waals surface area (Å²) in [4.78, 5) is 0. The molecule has 0 amide bonds. The third kappa shape index (κ3) is 2.36. The summed E-state index contributed by atoms with van der Waals surface area (Å²) < 4.78 is 0. The van der Waals surface area contributed by atoms with Crippen molar-refractivity contribution in [3.63, 3.8) is 0 Å². The highest BCUT2D eigenvalue weighted by atomic mass is 16.3. The van der Waals surface area contributed by atoms with Gasteiger partial charge in [0.1, 0.15) is 0 Å². The third-order valence-electron chi connectivity index (χ3n) is 5.67. The summed E-state index contributed by atoms with van der Waals surface area (Å²) in [5, 5.41) is 10.2. The first-order chi connectivity index (χ1) is 9.72. The van der Waals surface area contributed by atoms with Crippen molar-refractivity contribution < 1.29 is 5.11 Å². The Hall–Kier alpha value is -1.08. The molecule has 0 fully saturated rings. The van der Waals surface area contributed by atoms with E-state index in [1.165, 1.54) is 35.1 Å². The minimum atomic E-state index is -0.276. The minimum absolute atomic E-state index is 0.234. The maximum absolute atomic E-state index is 10.2. The fourth-order valence-electron chi connectivity index (χ4n) is 4.01. The number of aliphatic hydroxyl groups excluding tert-OH is 1. The van der Waals surface area contributed by atoms with E-state index < -0.39 is 0 Å². The summed E-state index contributed by atoms with van der Waals surface area (Å²) in [7, 11) is 0. The second kappa shape index (κ2) is 4.71. The summed E-state index contributed by atoms with van der Waals surface area (Å²) in [6, 6.07) is 4.77. The number of benzene rings is 1. The molecule has 1 heteroatoms. The highest BCUT2D eigenvalue weighted by molar-refractivity contribution is 5.74. The average Bonchev–Trinajstić information content (AvgIpc) is 2.81. The van der Waals surface area contributed by atoms with Gasteiger partial charge in [-0.3, -0.25) is 0 Å². The molecule has 1 aromatic rings. The Morgan fingerprint density at radius 3 is 2.10 bits per heavy atom. The van der Waals surface area contributed by atoms with E-state index in [0.717, 1.165) is 18.4 Å². The molecule has 0 saturated carbocycles. The molecule has 1 nitrogen and oxygen atoms in total. The van der Waals surface area contributed by atoms with Crippen LogP contribution in [-0.2, 0) is 10.8 Å². The molecule has 1 N–H and O–H groups in total. The van der Waals surface area contributed by atoms with E-state index in [2.05, 4.69) is 52.8 Å². The van der Waals surface area contributed by atoms with E-state index >= 15 is 0 Å². The third-order valence-corrected chi connectivity index (χ3v) is 5.67. The molecular formula is C20H28O. The smallest absolute Gasteiger partial charge is 0.0795 e. The normalized spacial score (nSPS) is 26.4. The van der Waals surface area contributed by atoms with Crippen LogP contribution in [0.4, 0.5) is 0 Å². The molecule has 21 heavy (non-hydrogen) atoms. The number of hydrogen-bond acceptors (Lipinski definition) is 1. The van der Waals surface area contributed by atoms with Crippen LogP contribution in [0.1, 0.15) is 75.6 Å². The minimum Gasteiger partial charge on any atom is -0.388 e. The second-order valence-corrected chi connectivity index (χ2v) is 8.23. The molecule has 0 bridgehead atoms. The van der Waals surface area contributed by atoms with Gasteiger partial charge in [-0.1, -0.05) is 45.9 Å². The highest BCUT2D eigenvalue weighted by Crippen LogP contribution is 2.47. The Kier molecular flexibility index (Phi) is 3.33. The average molecular weight is 284 g/mol. The zero-order valence-corrected chi connectivity index (χ0v) is 14.1. The molecule has 2 aliphatic rings. The largest absolute Gasteiger partial charge is 0.388 e. The number of allylic oxidation sites excluding steroid dienone is 1. The van der Waals surface area contributed by atoms with Gasteiger partial charge in [-0.2, -0.15) is 0 Å². The topological polar surface area (TPSA) is 20.2 Å². The lowest BCUT2D eigenvalue weighted by atomic mass is 9.62. The fraction of sp³-hybridized carbons (Fsp3) is 0.600. The lowest BCUT2D eigenvalue weighted by Crippen LogP contribution is -2.34. The maximum Gasteiger partial charge on any atom is 0.0795 e. The van der Waals surface area contributed by atoms with Crippen molar-refractivity contribution in [1.82, 2.24) is 0 Å². The van der Waals surface area contributed by atoms with Gasteiger partial charge in [0, 0.05) is 0 Å². The molecule has 2 aliphatic carbocycles. The van der Waals surface area contributed by atoms with E-state index in [9.17, 15) is 5.11 Å². The van der Waals surface area contributed by atoms with Crippen molar-refractivity contribution in [2.24, 2.45) is 0 Å². The molecule has 0 radical (unpaired) electrons. The van der Waals surface area contributed by atoms with E-state index in [0.29, 0.717) is 0 Å². The molecular weight excluding hydrogens is 256 g/mol. The van der Waals surface area contributed by atoms with Crippen LogP contribution in [0, 0.1) is 6.92 Å². The number of aliphatic hydroxyl groups is 1. The predicted molar refractivity (Wildman–Crippen MR) is 89.7 cm³/mol. The van der Waals surface area contributed by atoms with Gasteiger partial charge in [-0.05, 0) is 71.3 Å². The van der Waals surface area contributed by atoms with Crippen LogP contribution >= 0.6 is 0 Å². The fourth-order valence-corrected chi connectivity index (χ4v) is 4.01. The first-order valence-corrected chi connectivity index (χ1v) is 8.26. The molecule has 3 rings (SSSR count). The standard InChI is InChI=1S/C20H28O/c1-13-11-16-17(20(4,5)10-9-19(16,2)3)12-15(13)14-7-6-8-18(14)21/h7,11-12,18,21H,6,8-10H2,1-5H3. The first kappa shape index (κ1) is 14.8. The van der Waals surface area contributed by atoms with Crippen molar-refractivity contribution in [1.29, 1.82) is 0 Å². The van der Waals surface area contributed by atoms with Gasteiger partial charge in [-0.15, -0.1) is 0 Å². The lowest BCUT2D eigenvalue weighted by molar-refractivity contribution is 0.231. The molecule has 0 aliphatic heterocycles. The Morgan fingerprint density at radius 1 is 1.00 bits per heavy atom. The van der Waals surface area contributed by atoms with Gasteiger partial charge >= 0.3 is 0 Å². The van der Waals surface area contributed by atoms with Crippen LogP contribution in [0.5, 0.6) is 0 Å². The zero-order chi connectivity index (χ0) is 15.4. The quantitative estimate of drug-likeness (QED) is 0.779. The van der Waals surface area contributed by atoms with Crippen molar-refractivity contribution in [2.75, 3.05) is 0 Å². The molecule has 0 spiro atoms. The van der Waals surface area contributed by atoms with Crippen LogP contribution in [0.3, 0.4) is 0 Å². The monoisotopic (exact) mass is 284 g/mol. The Labute approximate surface area is 129 Å². The molecule has 1 unspecified atom stereocenters. The van der Waals surface area contributed by atoms with Gasteiger partial charge in [0.25, 0.3) is 0 Å². The highest BCUT2D eigenvalue weighted by Gasteiger charge is 2.37.